The Morgan fingerprint density at radius 3 is 2.29 bits per heavy atom. The van der Waals surface area contributed by atoms with Crippen molar-refractivity contribution in [3.05, 3.63) is 29.8 Å². The van der Waals surface area contributed by atoms with Crippen LogP contribution in [0, 0.1) is 0 Å². The molecule has 0 amide bonds. The van der Waals surface area contributed by atoms with E-state index in [0.29, 0.717) is 25.6 Å². The average molecular weight is 360 g/mol. The number of hydrogen-bond donors (Lipinski definition) is 0. The number of benzene rings is 1. The first-order valence-corrected chi connectivity index (χ1v) is 9.51. The van der Waals surface area contributed by atoms with E-state index in [2.05, 4.69) is 0 Å². The highest BCUT2D eigenvalue weighted by molar-refractivity contribution is 7.86. The molecule has 0 saturated carbocycles. The lowest BCUT2D eigenvalue weighted by molar-refractivity contribution is -0.151. The van der Waals surface area contributed by atoms with Gasteiger partial charge >= 0.3 is 5.97 Å². The van der Waals surface area contributed by atoms with Crippen molar-refractivity contribution in [1.29, 1.82) is 0 Å². The highest BCUT2D eigenvalue weighted by Crippen LogP contribution is 2.15. The Kier molecular flexibility index (Phi) is 8.73. The summed E-state index contributed by atoms with van der Waals surface area (Å²) >= 11 is 0. The third-order valence-corrected chi connectivity index (χ3v) is 3.47. The Balaban J connectivity index is 2.67. The molecule has 0 spiro atoms. The van der Waals surface area contributed by atoms with Gasteiger partial charge in [0.25, 0.3) is 10.1 Å². The van der Waals surface area contributed by atoms with Crippen LogP contribution in [0.4, 0.5) is 0 Å². The summed E-state index contributed by atoms with van der Waals surface area (Å²) in [5.74, 6) is -0.0462. The Morgan fingerprint density at radius 1 is 1.08 bits per heavy atom. The van der Waals surface area contributed by atoms with Gasteiger partial charge in [-0.15, -0.1) is 0 Å². The molecule has 0 radical (unpaired) electrons. The molecule has 0 aliphatic rings. The highest BCUT2D eigenvalue weighted by Gasteiger charge is 2.25. The summed E-state index contributed by atoms with van der Waals surface area (Å²) in [6, 6.07) is 6.97. The fourth-order valence-corrected chi connectivity index (χ4v) is 2.47. The molecule has 8 heteroatoms. The van der Waals surface area contributed by atoms with Crippen LogP contribution < -0.4 is 4.74 Å². The summed E-state index contributed by atoms with van der Waals surface area (Å²) in [5, 5.41) is 0. The summed E-state index contributed by atoms with van der Waals surface area (Å²) in [7, 11) is -3.77. The molecule has 136 valence electrons. The number of rotatable bonds is 11. The van der Waals surface area contributed by atoms with Gasteiger partial charge in [0.1, 0.15) is 12.4 Å². The van der Waals surface area contributed by atoms with Crippen molar-refractivity contribution in [2.75, 3.05) is 32.7 Å². The molecule has 1 atom stereocenters. The van der Waals surface area contributed by atoms with Gasteiger partial charge in [-0.05, 0) is 31.5 Å². The monoisotopic (exact) mass is 360 g/mol. The van der Waals surface area contributed by atoms with Crippen molar-refractivity contribution >= 4 is 16.1 Å². The lowest BCUT2D eigenvalue weighted by Gasteiger charge is -2.15. The molecule has 0 fully saturated rings. The molecule has 0 aromatic heterocycles. The van der Waals surface area contributed by atoms with E-state index in [4.69, 9.17) is 18.4 Å². The largest absolute Gasteiger partial charge is 0.491 e. The quantitative estimate of drug-likeness (QED) is 0.336. The van der Waals surface area contributed by atoms with Gasteiger partial charge in [0.05, 0.1) is 19.5 Å². The number of ether oxygens (including phenoxy) is 3. The predicted octanol–water partition coefficient (Wildman–Crippen LogP) is 1.55. The Hall–Kier alpha value is -1.64. The minimum atomic E-state index is -3.77. The van der Waals surface area contributed by atoms with E-state index >= 15 is 0 Å². The van der Waals surface area contributed by atoms with Gasteiger partial charge in [-0.2, -0.15) is 8.42 Å². The van der Waals surface area contributed by atoms with Crippen molar-refractivity contribution in [3.63, 3.8) is 0 Å². The molecule has 0 aliphatic heterocycles. The molecule has 7 nitrogen and oxygen atoms in total. The number of hydrogen-bond acceptors (Lipinski definition) is 7. The zero-order valence-electron chi connectivity index (χ0n) is 14.2. The molecular weight excluding hydrogens is 336 g/mol. The number of carbonyl (C=O) groups excluding carboxylic acids is 1. The minimum absolute atomic E-state index is 0.0884. The first-order valence-electron chi connectivity index (χ1n) is 7.70. The van der Waals surface area contributed by atoms with Crippen LogP contribution in [-0.4, -0.2) is 53.2 Å². The second-order valence-electron chi connectivity index (χ2n) is 4.93. The average Bonchev–Trinajstić information content (AvgIpc) is 2.51. The maximum atomic E-state index is 11.8. The molecule has 0 aliphatic carbocycles. The molecule has 0 heterocycles. The van der Waals surface area contributed by atoms with Crippen LogP contribution in [0.15, 0.2) is 24.3 Å². The first kappa shape index (κ1) is 20.4. The Bertz CT molecular complexity index is 595. The molecule has 0 bridgehead atoms. The molecular formula is C16H24O7S. The number of carbonyl (C=O) groups is 1. The van der Waals surface area contributed by atoms with E-state index in [9.17, 15) is 13.2 Å². The summed E-state index contributed by atoms with van der Waals surface area (Å²) in [6.07, 6.45) is -0.218. The van der Waals surface area contributed by atoms with Crippen LogP contribution in [0.25, 0.3) is 0 Å². The molecule has 0 saturated heterocycles. The number of esters is 1. The van der Waals surface area contributed by atoms with Crippen LogP contribution in [0.5, 0.6) is 5.75 Å². The lowest BCUT2D eigenvalue weighted by Crippen LogP contribution is -2.31. The van der Waals surface area contributed by atoms with Crippen molar-refractivity contribution in [1.82, 2.24) is 0 Å². The van der Waals surface area contributed by atoms with Gasteiger partial charge in [-0.1, -0.05) is 12.1 Å². The van der Waals surface area contributed by atoms with E-state index < -0.39 is 22.2 Å². The van der Waals surface area contributed by atoms with E-state index in [1.54, 1.807) is 31.2 Å². The Morgan fingerprint density at radius 2 is 1.75 bits per heavy atom. The molecule has 1 aromatic carbocycles. The smallest absolute Gasteiger partial charge is 0.337 e. The standard InChI is InChI=1S/C16H24O7S/c1-4-20-10-11-22-14-8-6-13(7-9-14)12-15(16(17)21-5-2)23-24(3,18)19/h6-9,15H,4-5,10-12H2,1-3H3/t15-/m0/s1. The molecule has 0 unspecified atom stereocenters. The summed E-state index contributed by atoms with van der Waals surface area (Å²) in [5.41, 5.74) is 0.730. The second kappa shape index (κ2) is 10.3. The van der Waals surface area contributed by atoms with E-state index in [0.717, 1.165) is 11.8 Å². The van der Waals surface area contributed by atoms with E-state index in [1.165, 1.54) is 0 Å². The van der Waals surface area contributed by atoms with Crippen molar-refractivity contribution in [2.45, 2.75) is 26.4 Å². The second-order valence-corrected chi connectivity index (χ2v) is 6.54. The molecule has 1 aromatic rings. The first-order chi connectivity index (χ1) is 11.4. The molecule has 24 heavy (non-hydrogen) atoms. The van der Waals surface area contributed by atoms with Crippen LogP contribution in [-0.2, 0) is 35.0 Å². The van der Waals surface area contributed by atoms with Crippen molar-refractivity contribution in [3.8, 4) is 5.75 Å². The van der Waals surface area contributed by atoms with Gasteiger partial charge in [-0.25, -0.2) is 4.79 Å². The van der Waals surface area contributed by atoms with Crippen molar-refractivity contribution < 1.29 is 31.6 Å². The zero-order chi connectivity index (χ0) is 18.0. The predicted molar refractivity (Wildman–Crippen MR) is 88.5 cm³/mol. The summed E-state index contributed by atoms with van der Waals surface area (Å²) < 4.78 is 43.0. The van der Waals surface area contributed by atoms with Gasteiger partial charge < -0.3 is 14.2 Å². The van der Waals surface area contributed by atoms with Crippen molar-refractivity contribution in [2.24, 2.45) is 0 Å². The van der Waals surface area contributed by atoms with Crippen LogP contribution in [0.2, 0.25) is 0 Å². The molecule has 1 rings (SSSR count). The van der Waals surface area contributed by atoms with Gasteiger partial charge in [0.15, 0.2) is 6.10 Å². The summed E-state index contributed by atoms with van der Waals surface area (Å²) in [6.45, 7) is 5.28. The SMILES string of the molecule is CCOCCOc1ccc(C[C@H](OS(C)(=O)=O)C(=O)OCC)cc1. The fourth-order valence-electron chi connectivity index (χ4n) is 1.90. The summed E-state index contributed by atoms with van der Waals surface area (Å²) in [4.78, 5) is 11.8. The zero-order valence-corrected chi connectivity index (χ0v) is 15.0. The normalized spacial score (nSPS) is 12.6. The van der Waals surface area contributed by atoms with Gasteiger partial charge in [0, 0.05) is 13.0 Å². The topological polar surface area (TPSA) is 88.1 Å². The lowest BCUT2D eigenvalue weighted by atomic mass is 10.1. The minimum Gasteiger partial charge on any atom is -0.491 e. The van der Waals surface area contributed by atoms with Crippen LogP contribution in [0.3, 0.4) is 0 Å². The third-order valence-electron chi connectivity index (χ3n) is 2.89. The fraction of sp³-hybridized carbons (Fsp3) is 0.562. The Labute approximate surface area is 143 Å². The third kappa shape index (κ3) is 8.28. The van der Waals surface area contributed by atoms with Crippen LogP contribution >= 0.6 is 0 Å². The molecule has 0 N–H and O–H groups in total. The maximum Gasteiger partial charge on any atom is 0.337 e. The van der Waals surface area contributed by atoms with E-state index in [-0.39, 0.29) is 13.0 Å². The maximum absolute atomic E-state index is 11.8. The highest BCUT2D eigenvalue weighted by atomic mass is 32.2. The van der Waals surface area contributed by atoms with Gasteiger partial charge in [-0.3, -0.25) is 4.18 Å². The van der Waals surface area contributed by atoms with Gasteiger partial charge in [0.2, 0.25) is 0 Å². The van der Waals surface area contributed by atoms with Crippen LogP contribution in [0.1, 0.15) is 19.4 Å². The van der Waals surface area contributed by atoms with E-state index in [1.807, 2.05) is 6.92 Å².